The molecule has 1 aromatic rings. The molecule has 1 aromatic heterocycles. The lowest BCUT2D eigenvalue weighted by atomic mass is 10.2. The van der Waals surface area contributed by atoms with Crippen LogP contribution in [0.2, 0.25) is 0 Å². The Morgan fingerprint density at radius 1 is 1.44 bits per heavy atom. The van der Waals surface area contributed by atoms with E-state index in [1.54, 1.807) is 7.11 Å². The molecule has 1 fully saturated rings. The van der Waals surface area contributed by atoms with E-state index in [2.05, 4.69) is 15.3 Å². The molecule has 0 radical (unpaired) electrons. The number of nitrogens with zero attached hydrogens (tertiary/aromatic N) is 2. The number of aryl methyl sites for hydroxylation is 1. The second-order valence-corrected chi connectivity index (χ2v) is 4.39. The monoisotopic (exact) mass is 221 g/mol. The predicted octanol–water partition coefficient (Wildman–Crippen LogP) is 2.40. The van der Waals surface area contributed by atoms with Crippen LogP contribution in [0, 0.1) is 12.8 Å². The van der Waals surface area contributed by atoms with Crippen molar-refractivity contribution in [2.24, 2.45) is 5.92 Å². The van der Waals surface area contributed by atoms with Crippen LogP contribution in [-0.4, -0.2) is 23.6 Å². The molecule has 0 aromatic carbocycles. The highest BCUT2D eigenvalue weighted by Crippen LogP contribution is 2.33. The number of hydrogen-bond acceptors (Lipinski definition) is 4. The molecule has 88 valence electrons. The molecular weight excluding hydrogens is 202 g/mol. The van der Waals surface area contributed by atoms with Crippen LogP contribution in [0.25, 0.3) is 0 Å². The lowest BCUT2D eigenvalue weighted by Gasteiger charge is -2.07. The zero-order valence-corrected chi connectivity index (χ0v) is 9.99. The highest BCUT2D eigenvalue weighted by Gasteiger charge is 2.19. The molecule has 1 N–H and O–H groups in total. The van der Waals surface area contributed by atoms with E-state index < -0.39 is 0 Å². The average Bonchev–Trinajstić information content (AvgIpc) is 3.07. The van der Waals surface area contributed by atoms with Crippen LogP contribution < -0.4 is 10.1 Å². The number of ether oxygens (including phenoxy) is 1. The van der Waals surface area contributed by atoms with Crippen LogP contribution in [0.15, 0.2) is 6.07 Å². The lowest BCUT2D eigenvalue weighted by Crippen LogP contribution is -2.07. The first kappa shape index (κ1) is 11.2. The van der Waals surface area contributed by atoms with Gasteiger partial charge < -0.3 is 10.1 Å². The van der Waals surface area contributed by atoms with E-state index in [-0.39, 0.29) is 0 Å². The van der Waals surface area contributed by atoms with Gasteiger partial charge in [-0.2, -0.15) is 4.98 Å². The van der Waals surface area contributed by atoms with Crippen molar-refractivity contribution in [3.05, 3.63) is 11.8 Å². The predicted molar refractivity (Wildman–Crippen MR) is 63.8 cm³/mol. The minimum atomic E-state index is 0.622. The molecule has 1 saturated carbocycles. The summed E-state index contributed by atoms with van der Waals surface area (Å²) in [6.45, 7) is 2.89. The van der Waals surface area contributed by atoms with E-state index in [1.807, 2.05) is 13.0 Å². The summed E-state index contributed by atoms with van der Waals surface area (Å²) in [6.07, 6.45) is 5.38. The number of nitrogens with one attached hydrogen (secondary N) is 1. The van der Waals surface area contributed by atoms with E-state index in [0.29, 0.717) is 11.8 Å². The van der Waals surface area contributed by atoms with E-state index in [9.17, 15) is 0 Å². The fourth-order valence-corrected chi connectivity index (χ4v) is 1.72. The molecule has 0 aliphatic heterocycles. The van der Waals surface area contributed by atoms with Crippen molar-refractivity contribution in [2.45, 2.75) is 32.6 Å². The van der Waals surface area contributed by atoms with Gasteiger partial charge in [0.2, 0.25) is 11.8 Å². The molecule has 0 unspecified atom stereocenters. The number of methoxy groups -OCH3 is 1. The lowest BCUT2D eigenvalue weighted by molar-refractivity contribution is 0.397. The topological polar surface area (TPSA) is 47.0 Å². The number of aromatic nitrogens is 2. The van der Waals surface area contributed by atoms with Gasteiger partial charge in [-0.05, 0) is 25.7 Å². The van der Waals surface area contributed by atoms with Crippen molar-refractivity contribution in [1.29, 1.82) is 0 Å². The van der Waals surface area contributed by atoms with Crippen molar-refractivity contribution in [2.75, 3.05) is 19.0 Å². The van der Waals surface area contributed by atoms with E-state index in [4.69, 9.17) is 4.74 Å². The van der Waals surface area contributed by atoms with E-state index in [1.165, 1.54) is 25.7 Å². The standard InChI is InChI=1S/C12H19N3O/c1-9-8-11(16-2)15-12(14-9)13-7-3-4-10-5-6-10/h8,10H,3-7H2,1-2H3,(H,13,14,15). The first-order valence-electron chi connectivity index (χ1n) is 5.91. The van der Waals surface area contributed by atoms with E-state index >= 15 is 0 Å². The van der Waals surface area contributed by atoms with Gasteiger partial charge in [-0.15, -0.1) is 0 Å². The Kier molecular flexibility index (Phi) is 3.59. The molecule has 1 heterocycles. The van der Waals surface area contributed by atoms with Crippen LogP contribution in [0.1, 0.15) is 31.4 Å². The van der Waals surface area contributed by atoms with Gasteiger partial charge in [0.15, 0.2) is 0 Å². The Bertz CT molecular complexity index is 350. The first-order chi connectivity index (χ1) is 7.78. The zero-order chi connectivity index (χ0) is 11.4. The second kappa shape index (κ2) is 5.14. The van der Waals surface area contributed by atoms with Crippen LogP contribution in [0.5, 0.6) is 5.88 Å². The quantitative estimate of drug-likeness (QED) is 0.749. The molecule has 0 saturated heterocycles. The zero-order valence-electron chi connectivity index (χ0n) is 9.99. The van der Waals surface area contributed by atoms with Gasteiger partial charge in [0.1, 0.15) is 0 Å². The maximum atomic E-state index is 5.10. The largest absolute Gasteiger partial charge is 0.481 e. The first-order valence-corrected chi connectivity index (χ1v) is 5.91. The molecule has 4 heteroatoms. The van der Waals surface area contributed by atoms with Gasteiger partial charge in [-0.3, -0.25) is 0 Å². The summed E-state index contributed by atoms with van der Waals surface area (Å²) in [7, 11) is 1.62. The number of rotatable bonds is 6. The van der Waals surface area contributed by atoms with Crippen molar-refractivity contribution in [1.82, 2.24) is 9.97 Å². The second-order valence-electron chi connectivity index (χ2n) is 4.39. The van der Waals surface area contributed by atoms with Crippen molar-refractivity contribution in [3.63, 3.8) is 0 Å². The van der Waals surface area contributed by atoms with Gasteiger partial charge in [-0.25, -0.2) is 4.98 Å². The molecular formula is C12H19N3O. The molecule has 1 aliphatic carbocycles. The fraction of sp³-hybridized carbons (Fsp3) is 0.667. The summed E-state index contributed by atoms with van der Waals surface area (Å²) in [6, 6.07) is 1.83. The number of anilines is 1. The van der Waals surface area contributed by atoms with E-state index in [0.717, 1.165) is 18.2 Å². The Labute approximate surface area is 96.4 Å². The highest BCUT2D eigenvalue weighted by molar-refractivity contribution is 5.30. The summed E-state index contributed by atoms with van der Waals surface area (Å²) in [5.41, 5.74) is 0.927. The van der Waals surface area contributed by atoms with Gasteiger partial charge in [-0.1, -0.05) is 12.8 Å². The number of hydrogen-bond donors (Lipinski definition) is 1. The van der Waals surface area contributed by atoms with Crippen molar-refractivity contribution in [3.8, 4) is 5.88 Å². The third-order valence-corrected chi connectivity index (χ3v) is 2.81. The smallest absolute Gasteiger partial charge is 0.226 e. The molecule has 2 rings (SSSR count). The molecule has 0 atom stereocenters. The fourth-order valence-electron chi connectivity index (χ4n) is 1.72. The third-order valence-electron chi connectivity index (χ3n) is 2.81. The van der Waals surface area contributed by atoms with Gasteiger partial charge >= 0.3 is 0 Å². The highest BCUT2D eigenvalue weighted by atomic mass is 16.5. The van der Waals surface area contributed by atoms with Gasteiger partial charge in [0.25, 0.3) is 0 Å². The minimum Gasteiger partial charge on any atom is -0.481 e. The maximum absolute atomic E-state index is 5.10. The van der Waals surface area contributed by atoms with Crippen LogP contribution in [0.3, 0.4) is 0 Å². The average molecular weight is 221 g/mol. The molecule has 0 spiro atoms. The van der Waals surface area contributed by atoms with Gasteiger partial charge in [0, 0.05) is 18.3 Å². The molecule has 0 amide bonds. The van der Waals surface area contributed by atoms with Crippen LogP contribution in [-0.2, 0) is 0 Å². The molecule has 0 bridgehead atoms. The minimum absolute atomic E-state index is 0.622. The SMILES string of the molecule is COc1cc(C)nc(NCCCC2CC2)n1. The Morgan fingerprint density at radius 3 is 2.94 bits per heavy atom. The Balaban J connectivity index is 1.80. The van der Waals surface area contributed by atoms with Crippen molar-refractivity contribution < 1.29 is 4.74 Å². The molecule has 1 aliphatic rings. The van der Waals surface area contributed by atoms with Crippen molar-refractivity contribution >= 4 is 5.95 Å². The Morgan fingerprint density at radius 2 is 2.25 bits per heavy atom. The van der Waals surface area contributed by atoms with Crippen LogP contribution >= 0.6 is 0 Å². The summed E-state index contributed by atoms with van der Waals surface area (Å²) in [4.78, 5) is 8.55. The van der Waals surface area contributed by atoms with Crippen LogP contribution in [0.4, 0.5) is 5.95 Å². The molecule has 16 heavy (non-hydrogen) atoms. The summed E-state index contributed by atoms with van der Waals surface area (Å²) < 4.78 is 5.10. The third kappa shape index (κ3) is 3.36. The summed E-state index contributed by atoms with van der Waals surface area (Å²) >= 11 is 0. The Hall–Kier alpha value is -1.32. The van der Waals surface area contributed by atoms with Gasteiger partial charge in [0.05, 0.1) is 7.11 Å². The normalized spacial score (nSPS) is 14.9. The summed E-state index contributed by atoms with van der Waals surface area (Å²) in [5, 5.41) is 3.24. The maximum Gasteiger partial charge on any atom is 0.226 e. The molecule has 4 nitrogen and oxygen atoms in total. The summed E-state index contributed by atoms with van der Waals surface area (Å²) in [5.74, 6) is 2.29.